The Labute approximate surface area is 176 Å². The first-order valence-corrected chi connectivity index (χ1v) is 9.58. The number of amides is 1. The van der Waals surface area contributed by atoms with Gasteiger partial charge in [-0.3, -0.25) is 14.9 Å². The summed E-state index contributed by atoms with van der Waals surface area (Å²) < 4.78 is 18.5. The second kappa shape index (κ2) is 8.78. The van der Waals surface area contributed by atoms with Gasteiger partial charge in [0.05, 0.1) is 11.2 Å². The number of benzene rings is 1. The Balaban J connectivity index is 1.49. The van der Waals surface area contributed by atoms with Crippen LogP contribution in [0.4, 0.5) is 21.7 Å². The molecule has 11 heteroatoms. The summed E-state index contributed by atoms with van der Waals surface area (Å²) in [7, 11) is 0. The van der Waals surface area contributed by atoms with Crippen LogP contribution in [-0.4, -0.2) is 51.9 Å². The molecule has 0 atom stereocenters. The molecule has 3 heterocycles. The molecule has 1 N–H and O–H groups in total. The minimum atomic E-state index is -0.538. The number of nitrogens with zero attached hydrogens (tertiary/aromatic N) is 5. The Morgan fingerprint density at radius 2 is 2.00 bits per heavy atom. The highest BCUT2D eigenvalue weighted by Gasteiger charge is 2.31. The molecule has 4 rings (SSSR count). The lowest BCUT2D eigenvalue weighted by Crippen LogP contribution is -2.49. The fourth-order valence-electron chi connectivity index (χ4n) is 3.41. The highest BCUT2D eigenvalue weighted by Crippen LogP contribution is 2.32. The molecular formula is C20H19FN6O4. The third-order valence-corrected chi connectivity index (χ3v) is 4.93. The first-order chi connectivity index (χ1) is 15.0. The summed E-state index contributed by atoms with van der Waals surface area (Å²) in [5.41, 5.74) is 0.365. The topological polar surface area (TPSA) is 118 Å². The van der Waals surface area contributed by atoms with Crippen molar-refractivity contribution < 1.29 is 18.5 Å². The molecule has 2 aromatic heterocycles. The molecule has 1 fully saturated rings. The molecular weight excluding hydrogens is 407 g/mol. The summed E-state index contributed by atoms with van der Waals surface area (Å²) in [6.07, 6.45) is 2.68. The van der Waals surface area contributed by atoms with E-state index in [2.05, 4.69) is 15.3 Å². The van der Waals surface area contributed by atoms with Gasteiger partial charge in [-0.25, -0.2) is 14.4 Å². The van der Waals surface area contributed by atoms with Crippen molar-refractivity contribution in [2.45, 2.75) is 6.54 Å². The zero-order valence-corrected chi connectivity index (χ0v) is 16.4. The number of nitro groups is 1. The highest BCUT2D eigenvalue weighted by molar-refractivity contribution is 5.91. The molecule has 1 aliphatic rings. The van der Waals surface area contributed by atoms with Gasteiger partial charge < -0.3 is 19.5 Å². The summed E-state index contributed by atoms with van der Waals surface area (Å²) in [5, 5.41) is 14.7. The molecule has 3 aromatic rings. The number of nitrogens with one attached hydrogen (secondary N) is 1. The zero-order chi connectivity index (χ0) is 21.8. The Kier molecular flexibility index (Phi) is 5.74. The normalized spacial score (nSPS) is 13.8. The van der Waals surface area contributed by atoms with Crippen molar-refractivity contribution in [3.8, 4) is 0 Å². The van der Waals surface area contributed by atoms with Crippen molar-refractivity contribution in [2.75, 3.05) is 36.4 Å². The van der Waals surface area contributed by atoms with Crippen molar-refractivity contribution in [2.24, 2.45) is 0 Å². The summed E-state index contributed by atoms with van der Waals surface area (Å²) in [4.78, 5) is 35.2. The molecule has 1 saturated heterocycles. The third-order valence-electron chi connectivity index (χ3n) is 4.93. The third kappa shape index (κ3) is 4.44. The number of rotatable bonds is 6. The van der Waals surface area contributed by atoms with E-state index in [-0.39, 0.29) is 41.4 Å². The SMILES string of the molecule is O=C(c1ccco1)N1CCN(c2ncnc(NCc3cccc(F)c3)c2[N+](=O)[O-])CC1. The van der Waals surface area contributed by atoms with Crippen molar-refractivity contribution in [1.29, 1.82) is 0 Å². The van der Waals surface area contributed by atoms with Crippen LogP contribution >= 0.6 is 0 Å². The highest BCUT2D eigenvalue weighted by atomic mass is 19.1. The summed E-state index contributed by atoms with van der Waals surface area (Å²) >= 11 is 0. The molecule has 0 radical (unpaired) electrons. The number of hydrogen-bond donors (Lipinski definition) is 1. The minimum absolute atomic E-state index is 0.0494. The quantitative estimate of drug-likeness (QED) is 0.472. The van der Waals surface area contributed by atoms with Crippen molar-refractivity contribution in [3.05, 3.63) is 76.2 Å². The van der Waals surface area contributed by atoms with Gasteiger partial charge in [-0.05, 0) is 29.8 Å². The van der Waals surface area contributed by atoms with Gasteiger partial charge in [0.2, 0.25) is 11.6 Å². The van der Waals surface area contributed by atoms with Gasteiger partial charge in [-0.2, -0.15) is 0 Å². The second-order valence-electron chi connectivity index (χ2n) is 6.89. The number of carbonyl (C=O) groups is 1. The maximum atomic E-state index is 13.4. The smallest absolute Gasteiger partial charge is 0.353 e. The van der Waals surface area contributed by atoms with Gasteiger partial charge in [0.25, 0.3) is 5.91 Å². The zero-order valence-electron chi connectivity index (χ0n) is 16.4. The summed E-state index contributed by atoms with van der Waals surface area (Å²) in [6.45, 7) is 1.64. The maximum Gasteiger partial charge on any atom is 0.353 e. The van der Waals surface area contributed by atoms with E-state index in [0.717, 1.165) is 0 Å². The maximum absolute atomic E-state index is 13.4. The lowest BCUT2D eigenvalue weighted by Gasteiger charge is -2.34. The molecule has 0 saturated carbocycles. The van der Waals surface area contributed by atoms with E-state index >= 15 is 0 Å². The Bertz CT molecular complexity index is 1080. The largest absolute Gasteiger partial charge is 0.459 e. The Morgan fingerprint density at radius 1 is 1.19 bits per heavy atom. The van der Waals surface area contributed by atoms with Crippen LogP contribution in [0.2, 0.25) is 0 Å². The Morgan fingerprint density at radius 3 is 2.68 bits per heavy atom. The van der Waals surface area contributed by atoms with E-state index in [4.69, 9.17) is 4.42 Å². The fourth-order valence-corrected chi connectivity index (χ4v) is 3.41. The van der Waals surface area contributed by atoms with Gasteiger partial charge in [0, 0.05) is 32.7 Å². The van der Waals surface area contributed by atoms with Gasteiger partial charge in [-0.15, -0.1) is 0 Å². The molecule has 10 nitrogen and oxygen atoms in total. The minimum Gasteiger partial charge on any atom is -0.459 e. The number of piperazine rings is 1. The molecule has 0 aliphatic carbocycles. The lowest BCUT2D eigenvalue weighted by molar-refractivity contribution is -0.383. The lowest BCUT2D eigenvalue weighted by atomic mass is 10.2. The molecule has 1 aromatic carbocycles. The van der Waals surface area contributed by atoms with Crippen LogP contribution in [0, 0.1) is 15.9 Å². The van der Waals surface area contributed by atoms with Gasteiger partial charge in [0.15, 0.2) is 5.76 Å². The van der Waals surface area contributed by atoms with Crippen LogP contribution in [0.25, 0.3) is 0 Å². The number of aromatic nitrogens is 2. The first-order valence-electron chi connectivity index (χ1n) is 9.58. The number of halogens is 1. The molecule has 0 unspecified atom stereocenters. The monoisotopic (exact) mass is 426 g/mol. The fraction of sp³-hybridized carbons (Fsp3) is 0.250. The van der Waals surface area contributed by atoms with Crippen LogP contribution in [0.5, 0.6) is 0 Å². The van der Waals surface area contributed by atoms with Gasteiger partial charge in [-0.1, -0.05) is 12.1 Å². The molecule has 31 heavy (non-hydrogen) atoms. The molecule has 1 amide bonds. The summed E-state index contributed by atoms with van der Waals surface area (Å²) in [5.74, 6) is -0.135. The van der Waals surface area contributed by atoms with E-state index in [0.29, 0.717) is 31.7 Å². The molecule has 0 bridgehead atoms. The van der Waals surface area contributed by atoms with Gasteiger partial charge in [0.1, 0.15) is 12.1 Å². The molecule has 160 valence electrons. The average Bonchev–Trinajstić information content (AvgIpc) is 3.32. The number of carbonyl (C=O) groups excluding carboxylic acids is 1. The van der Waals surface area contributed by atoms with Crippen LogP contribution in [0.1, 0.15) is 16.1 Å². The Hall–Kier alpha value is -4.02. The number of anilines is 2. The van der Waals surface area contributed by atoms with Crippen LogP contribution < -0.4 is 10.2 Å². The van der Waals surface area contributed by atoms with Crippen LogP contribution in [-0.2, 0) is 6.54 Å². The van der Waals surface area contributed by atoms with Crippen molar-refractivity contribution in [3.63, 3.8) is 0 Å². The van der Waals surface area contributed by atoms with Crippen molar-refractivity contribution >= 4 is 23.2 Å². The standard InChI is InChI=1S/C20H19FN6O4/c21-15-4-1-3-14(11-15)12-22-18-17(27(29)30)19(24-13-23-18)25-6-8-26(9-7-25)20(28)16-5-2-10-31-16/h1-5,10-11,13H,6-9,12H2,(H,22,23,24). The van der Waals surface area contributed by atoms with Crippen molar-refractivity contribution in [1.82, 2.24) is 14.9 Å². The van der Waals surface area contributed by atoms with E-state index in [1.165, 1.54) is 24.7 Å². The van der Waals surface area contributed by atoms with Crippen LogP contribution in [0.3, 0.4) is 0 Å². The second-order valence-corrected chi connectivity index (χ2v) is 6.89. The molecule has 1 aliphatic heterocycles. The predicted octanol–water partition coefficient (Wildman–Crippen LogP) is 2.69. The number of furan rings is 1. The van der Waals surface area contributed by atoms with Crippen LogP contribution in [0.15, 0.2) is 53.4 Å². The van der Waals surface area contributed by atoms with E-state index in [1.54, 1.807) is 34.1 Å². The van der Waals surface area contributed by atoms with E-state index in [9.17, 15) is 19.3 Å². The average molecular weight is 426 g/mol. The number of hydrogen-bond acceptors (Lipinski definition) is 8. The van der Waals surface area contributed by atoms with Gasteiger partial charge >= 0.3 is 5.69 Å². The predicted molar refractivity (Wildman–Crippen MR) is 109 cm³/mol. The molecule has 0 spiro atoms. The van der Waals surface area contributed by atoms with E-state index in [1.807, 2.05) is 0 Å². The first kappa shape index (κ1) is 20.3. The van der Waals surface area contributed by atoms with E-state index < -0.39 is 4.92 Å². The summed E-state index contributed by atoms with van der Waals surface area (Å²) in [6, 6.07) is 9.18.